The molecule has 0 spiro atoms. The highest BCUT2D eigenvalue weighted by Gasteiger charge is 2.00. The van der Waals surface area contributed by atoms with Crippen LogP contribution in [-0.4, -0.2) is 50.2 Å². The van der Waals surface area contributed by atoms with Crippen molar-refractivity contribution in [1.29, 1.82) is 0 Å². The first-order chi connectivity index (χ1) is 7.54. The van der Waals surface area contributed by atoms with E-state index in [0.29, 0.717) is 6.04 Å². The Morgan fingerprint density at radius 1 is 1.31 bits per heavy atom. The highest BCUT2D eigenvalue weighted by molar-refractivity contribution is 5.72. The van der Waals surface area contributed by atoms with Crippen LogP contribution in [0.2, 0.25) is 0 Å². The summed E-state index contributed by atoms with van der Waals surface area (Å²) in [6.45, 7) is 9.17. The van der Waals surface area contributed by atoms with E-state index in [1.807, 2.05) is 7.05 Å². The molecule has 1 amide bonds. The largest absolute Gasteiger partial charge is 0.381 e. The molecular formula is C12H26N2O2. The third kappa shape index (κ3) is 9.93. The second kappa shape index (κ2) is 9.60. The summed E-state index contributed by atoms with van der Waals surface area (Å²) in [4.78, 5) is 12.6. The summed E-state index contributed by atoms with van der Waals surface area (Å²) in [5, 5.41) is 3.34. The number of carbonyl (C=O) groups excluding carboxylic acids is 1. The fourth-order valence-electron chi connectivity index (χ4n) is 1.23. The zero-order chi connectivity index (χ0) is 12.4. The number of rotatable bonds is 9. The molecule has 0 aromatic heterocycles. The molecule has 0 aliphatic carbocycles. The molecule has 0 aliphatic heterocycles. The van der Waals surface area contributed by atoms with Crippen LogP contribution in [-0.2, 0) is 9.53 Å². The molecule has 4 nitrogen and oxygen atoms in total. The molecule has 0 aromatic rings. The van der Waals surface area contributed by atoms with Crippen molar-refractivity contribution >= 4 is 5.91 Å². The first-order valence-electron chi connectivity index (χ1n) is 6.07. The van der Waals surface area contributed by atoms with Gasteiger partial charge in [0, 0.05) is 39.8 Å². The van der Waals surface area contributed by atoms with Crippen molar-refractivity contribution < 1.29 is 9.53 Å². The number of carbonyl (C=O) groups is 1. The standard InChI is InChI=1S/C12H26N2O2/c1-11(2)13-7-5-9-16-10-6-8-14(4)12(3)15/h11,13H,5-10H2,1-4H3. The second-order valence-electron chi connectivity index (χ2n) is 4.37. The van der Waals surface area contributed by atoms with E-state index < -0.39 is 0 Å². The van der Waals surface area contributed by atoms with E-state index in [0.717, 1.165) is 39.1 Å². The van der Waals surface area contributed by atoms with Gasteiger partial charge in [0.1, 0.15) is 0 Å². The Bertz CT molecular complexity index is 184. The molecule has 0 saturated heterocycles. The van der Waals surface area contributed by atoms with Crippen molar-refractivity contribution in [2.75, 3.05) is 33.4 Å². The minimum atomic E-state index is 0.112. The monoisotopic (exact) mass is 230 g/mol. The lowest BCUT2D eigenvalue weighted by atomic mass is 10.3. The molecule has 16 heavy (non-hydrogen) atoms. The molecule has 0 saturated carbocycles. The van der Waals surface area contributed by atoms with Crippen molar-refractivity contribution in [2.45, 2.75) is 39.7 Å². The van der Waals surface area contributed by atoms with Crippen LogP contribution < -0.4 is 5.32 Å². The fraction of sp³-hybridized carbons (Fsp3) is 0.917. The van der Waals surface area contributed by atoms with Crippen LogP contribution >= 0.6 is 0 Å². The lowest BCUT2D eigenvalue weighted by molar-refractivity contribution is -0.127. The van der Waals surface area contributed by atoms with Crippen molar-refractivity contribution in [3.63, 3.8) is 0 Å². The van der Waals surface area contributed by atoms with Gasteiger partial charge in [-0.2, -0.15) is 0 Å². The average molecular weight is 230 g/mol. The molecule has 0 aromatic carbocycles. The molecule has 0 bridgehead atoms. The van der Waals surface area contributed by atoms with E-state index in [1.54, 1.807) is 11.8 Å². The number of nitrogens with one attached hydrogen (secondary N) is 1. The molecule has 0 heterocycles. The van der Waals surface area contributed by atoms with Crippen LogP contribution in [0.1, 0.15) is 33.6 Å². The third-order valence-electron chi connectivity index (χ3n) is 2.34. The van der Waals surface area contributed by atoms with Crippen molar-refractivity contribution in [3.05, 3.63) is 0 Å². The van der Waals surface area contributed by atoms with Crippen LogP contribution in [0.15, 0.2) is 0 Å². The predicted molar refractivity (Wildman–Crippen MR) is 66.5 cm³/mol. The normalized spacial score (nSPS) is 10.8. The quantitative estimate of drug-likeness (QED) is 0.606. The van der Waals surface area contributed by atoms with Crippen LogP contribution in [0.3, 0.4) is 0 Å². The Morgan fingerprint density at radius 3 is 2.50 bits per heavy atom. The van der Waals surface area contributed by atoms with Crippen LogP contribution in [0.25, 0.3) is 0 Å². The van der Waals surface area contributed by atoms with E-state index in [4.69, 9.17) is 4.74 Å². The molecule has 0 rings (SSSR count). The van der Waals surface area contributed by atoms with Crippen molar-refractivity contribution in [2.24, 2.45) is 0 Å². The molecule has 0 aliphatic rings. The maximum absolute atomic E-state index is 10.9. The summed E-state index contributed by atoms with van der Waals surface area (Å²) >= 11 is 0. The van der Waals surface area contributed by atoms with Crippen LogP contribution in [0.4, 0.5) is 0 Å². The van der Waals surface area contributed by atoms with Gasteiger partial charge < -0.3 is 15.0 Å². The molecule has 0 radical (unpaired) electrons. The van der Waals surface area contributed by atoms with Crippen molar-refractivity contribution in [1.82, 2.24) is 10.2 Å². The summed E-state index contributed by atoms with van der Waals surface area (Å²) in [6, 6.07) is 0.546. The topological polar surface area (TPSA) is 41.6 Å². The Kier molecular flexibility index (Phi) is 9.24. The van der Waals surface area contributed by atoms with Gasteiger partial charge in [0.15, 0.2) is 0 Å². The number of amides is 1. The number of hydrogen-bond acceptors (Lipinski definition) is 3. The Labute approximate surface area is 99.3 Å². The van der Waals surface area contributed by atoms with Gasteiger partial charge in [-0.3, -0.25) is 4.79 Å². The first kappa shape index (κ1) is 15.4. The highest BCUT2D eigenvalue weighted by Crippen LogP contribution is 1.90. The van der Waals surface area contributed by atoms with Gasteiger partial charge in [-0.25, -0.2) is 0 Å². The molecule has 0 fully saturated rings. The maximum atomic E-state index is 10.9. The van der Waals surface area contributed by atoms with Gasteiger partial charge in [-0.1, -0.05) is 13.8 Å². The number of hydrogen-bond donors (Lipinski definition) is 1. The summed E-state index contributed by atoms with van der Waals surface area (Å²) in [7, 11) is 1.81. The van der Waals surface area contributed by atoms with Gasteiger partial charge in [0.25, 0.3) is 0 Å². The third-order valence-corrected chi connectivity index (χ3v) is 2.34. The van der Waals surface area contributed by atoms with Gasteiger partial charge in [-0.15, -0.1) is 0 Å². The van der Waals surface area contributed by atoms with E-state index in [9.17, 15) is 4.79 Å². The first-order valence-corrected chi connectivity index (χ1v) is 6.07. The summed E-state index contributed by atoms with van der Waals surface area (Å²) in [6.07, 6.45) is 1.95. The minimum absolute atomic E-state index is 0.112. The van der Waals surface area contributed by atoms with E-state index in [-0.39, 0.29) is 5.91 Å². The molecular weight excluding hydrogens is 204 g/mol. The second-order valence-corrected chi connectivity index (χ2v) is 4.37. The molecule has 4 heteroatoms. The zero-order valence-corrected chi connectivity index (χ0v) is 11.1. The number of nitrogens with zero attached hydrogens (tertiary/aromatic N) is 1. The summed E-state index contributed by atoms with van der Waals surface area (Å²) < 4.78 is 5.47. The van der Waals surface area contributed by atoms with E-state index in [1.165, 1.54) is 0 Å². The molecule has 0 atom stereocenters. The fourth-order valence-corrected chi connectivity index (χ4v) is 1.23. The van der Waals surface area contributed by atoms with Gasteiger partial charge >= 0.3 is 0 Å². The molecule has 0 unspecified atom stereocenters. The Morgan fingerprint density at radius 2 is 1.94 bits per heavy atom. The zero-order valence-electron chi connectivity index (χ0n) is 11.1. The SMILES string of the molecule is CC(=O)N(C)CCCOCCCNC(C)C. The Hall–Kier alpha value is -0.610. The summed E-state index contributed by atoms with van der Waals surface area (Å²) in [5.74, 6) is 0.112. The van der Waals surface area contributed by atoms with Crippen molar-refractivity contribution in [3.8, 4) is 0 Å². The smallest absolute Gasteiger partial charge is 0.219 e. The summed E-state index contributed by atoms with van der Waals surface area (Å²) in [5.41, 5.74) is 0. The highest BCUT2D eigenvalue weighted by atomic mass is 16.5. The van der Waals surface area contributed by atoms with Crippen LogP contribution in [0, 0.1) is 0 Å². The average Bonchev–Trinajstić information content (AvgIpc) is 2.21. The van der Waals surface area contributed by atoms with Crippen LogP contribution in [0.5, 0.6) is 0 Å². The van der Waals surface area contributed by atoms with Gasteiger partial charge in [-0.05, 0) is 19.4 Å². The lowest BCUT2D eigenvalue weighted by Gasteiger charge is -2.14. The van der Waals surface area contributed by atoms with Gasteiger partial charge in [0.2, 0.25) is 5.91 Å². The predicted octanol–water partition coefficient (Wildman–Crippen LogP) is 1.26. The molecule has 96 valence electrons. The number of ether oxygens (including phenoxy) is 1. The van der Waals surface area contributed by atoms with E-state index >= 15 is 0 Å². The Balaban J connectivity index is 3.13. The lowest BCUT2D eigenvalue weighted by Crippen LogP contribution is -2.26. The maximum Gasteiger partial charge on any atom is 0.219 e. The van der Waals surface area contributed by atoms with Gasteiger partial charge in [0.05, 0.1) is 0 Å². The molecule has 1 N–H and O–H groups in total. The van der Waals surface area contributed by atoms with E-state index in [2.05, 4.69) is 19.2 Å². The minimum Gasteiger partial charge on any atom is -0.381 e.